The molecule has 2 rings (SSSR count). The van der Waals surface area contributed by atoms with Crippen LogP contribution in [0, 0.1) is 10.1 Å². The van der Waals surface area contributed by atoms with Crippen molar-refractivity contribution in [3.05, 3.63) is 52.6 Å². The molecule has 0 aliphatic rings. The van der Waals surface area contributed by atoms with Gasteiger partial charge in [0.05, 0.1) is 16.8 Å². The van der Waals surface area contributed by atoms with E-state index in [0.29, 0.717) is 5.69 Å². The van der Waals surface area contributed by atoms with Crippen LogP contribution in [0.3, 0.4) is 0 Å². The first-order chi connectivity index (χ1) is 6.77. The minimum Gasteiger partial charge on any atom is -0.300 e. The number of hydrogen-bond donors (Lipinski definition) is 0. The van der Waals surface area contributed by atoms with Crippen LogP contribution < -0.4 is 0 Å². The van der Waals surface area contributed by atoms with Crippen LogP contribution >= 0.6 is 0 Å². The molecule has 5 nitrogen and oxygen atoms in total. The average molecular weight is 189 g/mol. The van der Waals surface area contributed by atoms with E-state index in [1.54, 1.807) is 10.6 Å². The van der Waals surface area contributed by atoms with E-state index >= 15 is 0 Å². The molecule has 5 heteroatoms. The fourth-order valence-electron chi connectivity index (χ4n) is 1.21. The van der Waals surface area contributed by atoms with Crippen molar-refractivity contribution < 1.29 is 4.92 Å². The molecule has 0 unspecified atom stereocenters. The fourth-order valence-corrected chi connectivity index (χ4v) is 1.21. The average Bonchev–Trinajstić information content (AvgIpc) is 2.58. The van der Waals surface area contributed by atoms with E-state index in [4.69, 9.17) is 0 Å². The molecule has 0 spiro atoms. The Kier molecular flexibility index (Phi) is 1.98. The number of nitro groups is 1. The summed E-state index contributed by atoms with van der Waals surface area (Å²) < 4.78 is 1.78. The van der Waals surface area contributed by atoms with Crippen LogP contribution in [0.4, 0.5) is 0 Å². The van der Waals surface area contributed by atoms with Gasteiger partial charge >= 0.3 is 0 Å². The van der Waals surface area contributed by atoms with Gasteiger partial charge in [-0.25, -0.2) is 4.98 Å². The minimum absolute atomic E-state index is 0.498. The second-order valence-electron chi connectivity index (χ2n) is 2.71. The summed E-state index contributed by atoms with van der Waals surface area (Å²) in [6, 6.07) is 5.55. The number of aromatic nitrogens is 2. The Morgan fingerprint density at radius 1 is 1.50 bits per heavy atom. The van der Waals surface area contributed by atoms with Crippen molar-refractivity contribution in [1.82, 2.24) is 9.38 Å². The second kappa shape index (κ2) is 3.29. The maximum absolute atomic E-state index is 10.1. The van der Waals surface area contributed by atoms with Gasteiger partial charge in [0.25, 0.3) is 0 Å². The Morgan fingerprint density at radius 2 is 2.36 bits per heavy atom. The Hall–Kier alpha value is -2.17. The molecule has 0 aliphatic carbocycles. The van der Waals surface area contributed by atoms with Crippen LogP contribution in [-0.2, 0) is 0 Å². The standard InChI is InChI=1S/C9H7N3O2/c13-12(14)6-4-8-7-10-9-3-1-2-5-11(8)9/h1-7H/b6-4+. The van der Waals surface area contributed by atoms with Gasteiger partial charge in [-0.2, -0.15) is 0 Å². The van der Waals surface area contributed by atoms with Crippen molar-refractivity contribution in [3.63, 3.8) is 0 Å². The third-order valence-corrected chi connectivity index (χ3v) is 1.81. The van der Waals surface area contributed by atoms with Gasteiger partial charge in [-0.1, -0.05) is 6.07 Å². The Balaban J connectivity index is 2.48. The number of imidazole rings is 1. The molecule has 0 atom stereocenters. The summed E-state index contributed by atoms with van der Waals surface area (Å²) in [5.74, 6) is 0. The van der Waals surface area contributed by atoms with Gasteiger partial charge in [0, 0.05) is 12.3 Å². The van der Waals surface area contributed by atoms with Crippen molar-refractivity contribution in [3.8, 4) is 0 Å². The van der Waals surface area contributed by atoms with Gasteiger partial charge in [0.15, 0.2) is 0 Å². The molecule has 0 saturated carbocycles. The van der Waals surface area contributed by atoms with Gasteiger partial charge < -0.3 is 4.40 Å². The molecule has 0 aromatic carbocycles. The quantitative estimate of drug-likeness (QED) is 0.532. The largest absolute Gasteiger partial charge is 0.300 e. The zero-order valence-electron chi connectivity index (χ0n) is 7.20. The number of pyridine rings is 1. The highest BCUT2D eigenvalue weighted by atomic mass is 16.6. The molecule has 70 valence electrons. The molecular formula is C9H7N3O2. The van der Waals surface area contributed by atoms with Crippen molar-refractivity contribution in [2.75, 3.05) is 0 Å². The summed E-state index contributed by atoms with van der Waals surface area (Å²) in [5.41, 5.74) is 1.47. The smallest absolute Gasteiger partial charge is 0.236 e. The lowest BCUT2D eigenvalue weighted by atomic mass is 10.4. The van der Waals surface area contributed by atoms with Gasteiger partial charge in [-0.05, 0) is 12.1 Å². The second-order valence-corrected chi connectivity index (χ2v) is 2.71. The zero-order valence-corrected chi connectivity index (χ0v) is 7.20. The van der Waals surface area contributed by atoms with Crippen molar-refractivity contribution in [2.45, 2.75) is 0 Å². The van der Waals surface area contributed by atoms with Gasteiger partial charge in [0.2, 0.25) is 6.20 Å². The summed E-state index contributed by atoms with van der Waals surface area (Å²) in [4.78, 5) is 13.7. The molecule has 0 fully saturated rings. The molecule has 2 aromatic heterocycles. The minimum atomic E-state index is -0.498. The highest BCUT2D eigenvalue weighted by Gasteiger charge is 1.98. The van der Waals surface area contributed by atoms with Crippen LogP contribution in [0.25, 0.3) is 11.7 Å². The van der Waals surface area contributed by atoms with Crippen molar-refractivity contribution in [1.29, 1.82) is 0 Å². The summed E-state index contributed by atoms with van der Waals surface area (Å²) >= 11 is 0. The lowest BCUT2D eigenvalue weighted by molar-refractivity contribution is -0.401. The van der Waals surface area contributed by atoms with E-state index in [9.17, 15) is 10.1 Å². The molecule has 2 heterocycles. The lowest BCUT2D eigenvalue weighted by Gasteiger charge is -1.92. The molecule has 2 aromatic rings. The number of nitrogens with zero attached hydrogens (tertiary/aromatic N) is 3. The molecule has 0 radical (unpaired) electrons. The highest BCUT2D eigenvalue weighted by Crippen LogP contribution is 2.07. The normalized spacial score (nSPS) is 11.1. The Bertz CT molecular complexity index is 501. The third-order valence-electron chi connectivity index (χ3n) is 1.81. The van der Waals surface area contributed by atoms with E-state index in [0.717, 1.165) is 11.8 Å². The lowest BCUT2D eigenvalue weighted by Crippen LogP contribution is -1.87. The molecule has 0 bridgehead atoms. The third kappa shape index (κ3) is 1.47. The maximum Gasteiger partial charge on any atom is 0.236 e. The number of rotatable bonds is 2. The van der Waals surface area contributed by atoms with E-state index in [1.807, 2.05) is 24.4 Å². The van der Waals surface area contributed by atoms with Gasteiger partial charge in [-0.15, -0.1) is 0 Å². The van der Waals surface area contributed by atoms with E-state index in [2.05, 4.69) is 4.98 Å². The number of fused-ring (bicyclic) bond motifs is 1. The van der Waals surface area contributed by atoms with Crippen LogP contribution in [-0.4, -0.2) is 14.3 Å². The fraction of sp³-hybridized carbons (Fsp3) is 0. The first-order valence-electron chi connectivity index (χ1n) is 4.01. The Morgan fingerprint density at radius 3 is 3.14 bits per heavy atom. The van der Waals surface area contributed by atoms with Crippen LogP contribution in [0.1, 0.15) is 5.69 Å². The van der Waals surface area contributed by atoms with Gasteiger partial charge in [-0.3, -0.25) is 10.1 Å². The summed E-state index contributed by atoms with van der Waals surface area (Å²) in [6.07, 6.45) is 5.72. The van der Waals surface area contributed by atoms with E-state index < -0.39 is 4.92 Å². The zero-order chi connectivity index (χ0) is 9.97. The molecule has 0 aliphatic heterocycles. The SMILES string of the molecule is O=[N+]([O-])/C=C/c1cnc2ccccn12. The molecule has 0 amide bonds. The summed E-state index contributed by atoms with van der Waals surface area (Å²) in [5, 5.41) is 10.1. The first kappa shape index (κ1) is 8.43. The monoisotopic (exact) mass is 189 g/mol. The highest BCUT2D eigenvalue weighted by molar-refractivity contribution is 5.51. The summed E-state index contributed by atoms with van der Waals surface area (Å²) in [7, 11) is 0. The van der Waals surface area contributed by atoms with Crippen molar-refractivity contribution in [2.24, 2.45) is 0 Å². The Labute approximate surface area is 79.5 Å². The first-order valence-corrected chi connectivity index (χ1v) is 4.01. The molecule has 0 saturated heterocycles. The molecular weight excluding hydrogens is 182 g/mol. The summed E-state index contributed by atoms with van der Waals surface area (Å²) in [6.45, 7) is 0. The maximum atomic E-state index is 10.1. The van der Waals surface area contributed by atoms with Crippen molar-refractivity contribution >= 4 is 11.7 Å². The predicted octanol–water partition coefficient (Wildman–Crippen LogP) is 1.58. The van der Waals surface area contributed by atoms with E-state index in [-0.39, 0.29) is 0 Å². The van der Waals surface area contributed by atoms with Crippen LogP contribution in [0.2, 0.25) is 0 Å². The predicted molar refractivity (Wildman–Crippen MR) is 51.2 cm³/mol. The molecule has 0 N–H and O–H groups in total. The van der Waals surface area contributed by atoms with Crippen LogP contribution in [0.5, 0.6) is 0 Å². The van der Waals surface area contributed by atoms with Gasteiger partial charge in [0.1, 0.15) is 5.65 Å². The topological polar surface area (TPSA) is 60.4 Å². The van der Waals surface area contributed by atoms with E-state index in [1.165, 1.54) is 6.08 Å². The molecule has 14 heavy (non-hydrogen) atoms. The number of hydrogen-bond acceptors (Lipinski definition) is 3. The van der Waals surface area contributed by atoms with Crippen LogP contribution in [0.15, 0.2) is 36.8 Å².